The van der Waals surface area contributed by atoms with Gasteiger partial charge in [-0.25, -0.2) is 4.79 Å². The molecular formula is C24H24ClN5O4. The fourth-order valence-electron chi connectivity index (χ4n) is 3.71. The van der Waals surface area contributed by atoms with Crippen LogP contribution in [0, 0.1) is 5.92 Å². The van der Waals surface area contributed by atoms with Crippen molar-refractivity contribution in [1.29, 1.82) is 0 Å². The third-order valence-electron chi connectivity index (χ3n) is 5.90. The molecule has 0 saturated heterocycles. The fourth-order valence-corrected chi connectivity index (χ4v) is 3.83. The zero-order valence-corrected chi connectivity index (χ0v) is 19.7. The molecule has 0 saturated carbocycles. The van der Waals surface area contributed by atoms with Crippen molar-refractivity contribution in [3.8, 4) is 0 Å². The van der Waals surface area contributed by atoms with Crippen molar-refractivity contribution in [2.45, 2.75) is 32.9 Å². The monoisotopic (exact) mass is 481 g/mol. The molecule has 9 nitrogen and oxygen atoms in total. The summed E-state index contributed by atoms with van der Waals surface area (Å²) in [7, 11) is 1.61. The average Bonchev–Trinajstić information content (AvgIpc) is 3.28. The summed E-state index contributed by atoms with van der Waals surface area (Å²) in [6, 6.07) is 12.6. The first kappa shape index (κ1) is 23.4. The van der Waals surface area contributed by atoms with E-state index in [2.05, 4.69) is 15.5 Å². The van der Waals surface area contributed by atoms with E-state index in [-0.39, 0.29) is 18.1 Å². The Morgan fingerprint density at radius 2 is 1.82 bits per heavy atom. The normalized spacial score (nSPS) is 13.1. The van der Waals surface area contributed by atoms with Crippen LogP contribution in [0.4, 0.5) is 0 Å². The number of fused-ring (bicyclic) bond motifs is 3. The number of carbonyl (C=O) groups is 2. The highest BCUT2D eigenvalue weighted by molar-refractivity contribution is 6.30. The number of rotatable bonds is 7. The summed E-state index contributed by atoms with van der Waals surface area (Å²) in [5.74, 6) is -0.442. The number of carbonyl (C=O) groups excluding carboxylic acids is 2. The van der Waals surface area contributed by atoms with Crippen LogP contribution in [0.15, 0.2) is 53.3 Å². The van der Waals surface area contributed by atoms with E-state index >= 15 is 0 Å². The van der Waals surface area contributed by atoms with Crippen molar-refractivity contribution in [2.75, 3.05) is 0 Å². The van der Waals surface area contributed by atoms with Crippen LogP contribution in [0.5, 0.6) is 0 Å². The van der Waals surface area contributed by atoms with Gasteiger partial charge in [-0.1, -0.05) is 44.0 Å². The number of nitrogens with one attached hydrogen (secondary N) is 1. The highest BCUT2D eigenvalue weighted by Crippen LogP contribution is 2.16. The van der Waals surface area contributed by atoms with Crippen LogP contribution in [0.1, 0.15) is 36.5 Å². The molecule has 0 aliphatic carbocycles. The maximum Gasteiger partial charge on any atom is 0.329 e. The Hall–Kier alpha value is -3.72. The van der Waals surface area contributed by atoms with Gasteiger partial charge in [-0.05, 0) is 42.3 Å². The van der Waals surface area contributed by atoms with Crippen LogP contribution in [0.25, 0.3) is 16.7 Å². The second-order valence-corrected chi connectivity index (χ2v) is 8.52. The number of hydrogen-bond acceptors (Lipinski definition) is 6. The Morgan fingerprint density at radius 3 is 2.53 bits per heavy atom. The van der Waals surface area contributed by atoms with E-state index in [0.717, 1.165) is 0 Å². The number of aryl methyl sites for hydroxylation is 1. The molecule has 4 rings (SSSR count). The first-order chi connectivity index (χ1) is 16.3. The van der Waals surface area contributed by atoms with Gasteiger partial charge in [-0.15, -0.1) is 10.2 Å². The second-order valence-electron chi connectivity index (χ2n) is 8.08. The van der Waals surface area contributed by atoms with Crippen LogP contribution in [0.2, 0.25) is 5.02 Å². The molecule has 0 spiro atoms. The van der Waals surface area contributed by atoms with Crippen molar-refractivity contribution < 1.29 is 14.3 Å². The van der Waals surface area contributed by atoms with Crippen LogP contribution in [-0.4, -0.2) is 37.1 Å². The maximum atomic E-state index is 13.0. The van der Waals surface area contributed by atoms with Gasteiger partial charge in [0.25, 0.3) is 11.5 Å². The molecule has 2 heterocycles. The summed E-state index contributed by atoms with van der Waals surface area (Å²) in [5.41, 5.74) is 0.813. The van der Waals surface area contributed by atoms with Crippen molar-refractivity contribution in [1.82, 2.24) is 24.5 Å². The topological polar surface area (TPSA) is 108 Å². The quantitative estimate of drug-likeness (QED) is 0.406. The number of benzene rings is 2. The second kappa shape index (κ2) is 9.64. The van der Waals surface area contributed by atoms with E-state index in [9.17, 15) is 14.4 Å². The first-order valence-electron chi connectivity index (χ1n) is 10.9. The van der Waals surface area contributed by atoms with Crippen molar-refractivity contribution >= 4 is 40.2 Å². The van der Waals surface area contributed by atoms with Crippen LogP contribution >= 0.6 is 11.6 Å². The predicted octanol–water partition coefficient (Wildman–Crippen LogP) is 3.12. The van der Waals surface area contributed by atoms with Crippen LogP contribution in [0.3, 0.4) is 0 Å². The largest absolute Gasteiger partial charge is 0.456 e. The Kier molecular flexibility index (Phi) is 6.65. The standard InChI is InChI=1S/C24H24ClN5O4/c1-4-14(2)20(26-21(31)15-9-11-16(25)12-10-15)23(33)34-13-19-27-28-24-29(3)22(32)17-7-5-6-8-18(17)30(19)24/h5-12,14,20H,4,13H2,1-3H3,(H,26,31)/t14-,20-/m0/s1. The molecule has 0 fully saturated rings. The molecule has 0 radical (unpaired) electrons. The van der Waals surface area contributed by atoms with Gasteiger partial charge in [0, 0.05) is 17.6 Å². The summed E-state index contributed by atoms with van der Waals surface area (Å²) in [6.45, 7) is 3.62. The molecule has 1 amide bonds. The van der Waals surface area contributed by atoms with Gasteiger partial charge in [0.05, 0.1) is 10.9 Å². The first-order valence-corrected chi connectivity index (χ1v) is 11.2. The summed E-state index contributed by atoms with van der Waals surface area (Å²) < 4.78 is 8.66. The molecular weight excluding hydrogens is 458 g/mol. The minimum absolute atomic E-state index is 0.166. The van der Waals surface area contributed by atoms with E-state index in [1.165, 1.54) is 4.57 Å². The third kappa shape index (κ3) is 4.38. The third-order valence-corrected chi connectivity index (χ3v) is 6.15. The van der Waals surface area contributed by atoms with E-state index in [4.69, 9.17) is 16.3 Å². The molecule has 176 valence electrons. The molecule has 2 aromatic carbocycles. The molecule has 0 unspecified atom stereocenters. The highest BCUT2D eigenvalue weighted by atomic mass is 35.5. The summed E-state index contributed by atoms with van der Waals surface area (Å²) in [5, 5.41) is 12.0. The SMILES string of the molecule is CC[C@H](C)[C@H](NC(=O)c1ccc(Cl)cc1)C(=O)OCc1nnc2n(C)c(=O)c3ccccc3n12. The number of halogens is 1. The smallest absolute Gasteiger partial charge is 0.329 e. The number of ether oxygens (including phenoxy) is 1. The van der Waals surface area contributed by atoms with Crippen molar-refractivity contribution in [3.05, 3.63) is 75.3 Å². The van der Waals surface area contributed by atoms with E-state index in [1.54, 1.807) is 53.9 Å². The summed E-state index contributed by atoms with van der Waals surface area (Å²) >= 11 is 5.89. The Balaban J connectivity index is 1.58. The molecule has 2 atom stereocenters. The van der Waals surface area contributed by atoms with E-state index < -0.39 is 17.9 Å². The van der Waals surface area contributed by atoms with Gasteiger partial charge in [0.15, 0.2) is 12.4 Å². The number of aromatic nitrogens is 4. The lowest BCUT2D eigenvalue weighted by Crippen LogP contribution is -2.46. The lowest BCUT2D eigenvalue weighted by atomic mass is 9.99. The number of esters is 1. The molecule has 34 heavy (non-hydrogen) atoms. The fraction of sp³-hybridized carbons (Fsp3) is 0.292. The lowest BCUT2D eigenvalue weighted by molar-refractivity contribution is -0.149. The molecule has 0 aliphatic heterocycles. The number of para-hydroxylation sites is 1. The van der Waals surface area contributed by atoms with E-state index in [0.29, 0.717) is 39.5 Å². The average molecular weight is 482 g/mol. The minimum atomic E-state index is -0.853. The van der Waals surface area contributed by atoms with Gasteiger partial charge >= 0.3 is 5.97 Å². The summed E-state index contributed by atoms with van der Waals surface area (Å²) in [4.78, 5) is 38.3. The van der Waals surface area contributed by atoms with Gasteiger partial charge in [-0.3, -0.25) is 18.6 Å². The van der Waals surface area contributed by atoms with Crippen LogP contribution in [-0.2, 0) is 23.2 Å². The lowest BCUT2D eigenvalue weighted by Gasteiger charge is -2.22. The predicted molar refractivity (Wildman–Crippen MR) is 128 cm³/mol. The minimum Gasteiger partial charge on any atom is -0.456 e. The Bertz CT molecular complexity index is 1430. The van der Waals surface area contributed by atoms with Gasteiger partial charge < -0.3 is 10.1 Å². The van der Waals surface area contributed by atoms with Gasteiger partial charge in [0.2, 0.25) is 5.78 Å². The van der Waals surface area contributed by atoms with Gasteiger partial charge in [-0.2, -0.15) is 0 Å². The molecule has 4 aromatic rings. The molecule has 1 N–H and O–H groups in total. The molecule has 0 bridgehead atoms. The summed E-state index contributed by atoms with van der Waals surface area (Å²) in [6.07, 6.45) is 0.654. The zero-order chi connectivity index (χ0) is 24.4. The molecule has 0 aliphatic rings. The zero-order valence-electron chi connectivity index (χ0n) is 19.0. The van der Waals surface area contributed by atoms with Crippen molar-refractivity contribution in [3.63, 3.8) is 0 Å². The Morgan fingerprint density at radius 1 is 1.12 bits per heavy atom. The van der Waals surface area contributed by atoms with Crippen LogP contribution < -0.4 is 10.9 Å². The highest BCUT2D eigenvalue weighted by Gasteiger charge is 2.28. The maximum absolute atomic E-state index is 13.0. The van der Waals surface area contributed by atoms with Crippen molar-refractivity contribution in [2.24, 2.45) is 13.0 Å². The molecule has 2 aromatic heterocycles. The Labute approximate surface area is 200 Å². The number of amides is 1. The number of nitrogens with zero attached hydrogens (tertiary/aromatic N) is 4. The molecule has 10 heteroatoms. The van der Waals surface area contributed by atoms with Gasteiger partial charge in [0.1, 0.15) is 6.04 Å². The van der Waals surface area contributed by atoms with E-state index in [1.807, 2.05) is 19.9 Å². The number of hydrogen-bond donors (Lipinski definition) is 1.